The maximum absolute atomic E-state index is 12.6. The zero-order valence-electron chi connectivity index (χ0n) is 8.67. The molecule has 0 amide bonds. The molecule has 18 heavy (non-hydrogen) atoms. The smallest absolute Gasteiger partial charge is 0.224 e. The highest BCUT2D eigenvalue weighted by molar-refractivity contribution is 9.10. The van der Waals surface area contributed by atoms with Crippen molar-refractivity contribution in [2.75, 3.05) is 0 Å². The summed E-state index contributed by atoms with van der Waals surface area (Å²) < 4.78 is 38.3. The minimum atomic E-state index is -4.62. The maximum atomic E-state index is 12.6. The summed E-state index contributed by atoms with van der Waals surface area (Å²) in [6.45, 7) is 0. The standard InChI is InChI=1S/C11H5BrClF3N2/c12-7-4-2-1-3-6(7)8-5-9(13)18-10(17-8)11(14,15)16/h1-5H. The molecule has 94 valence electrons. The van der Waals surface area contributed by atoms with Gasteiger partial charge in [-0.15, -0.1) is 0 Å². The Balaban J connectivity index is 2.60. The van der Waals surface area contributed by atoms with E-state index in [4.69, 9.17) is 11.6 Å². The highest BCUT2D eigenvalue weighted by atomic mass is 79.9. The van der Waals surface area contributed by atoms with Gasteiger partial charge in [0.2, 0.25) is 5.82 Å². The van der Waals surface area contributed by atoms with Gasteiger partial charge in [0.05, 0.1) is 5.69 Å². The molecule has 1 aromatic heterocycles. The first-order valence-electron chi connectivity index (χ1n) is 4.74. The zero-order chi connectivity index (χ0) is 13.3. The number of nitrogens with zero attached hydrogens (tertiary/aromatic N) is 2. The first kappa shape index (κ1) is 13.3. The van der Waals surface area contributed by atoms with E-state index in [0.717, 1.165) is 0 Å². The van der Waals surface area contributed by atoms with Crippen molar-refractivity contribution in [3.8, 4) is 11.3 Å². The van der Waals surface area contributed by atoms with Crippen LogP contribution in [0, 0.1) is 0 Å². The Morgan fingerprint density at radius 1 is 1.11 bits per heavy atom. The molecule has 1 heterocycles. The van der Waals surface area contributed by atoms with Crippen molar-refractivity contribution in [1.82, 2.24) is 9.97 Å². The molecular formula is C11H5BrClF3N2. The number of alkyl halides is 3. The van der Waals surface area contributed by atoms with Crippen LogP contribution in [-0.4, -0.2) is 9.97 Å². The predicted molar refractivity (Wildman–Crippen MR) is 65.2 cm³/mol. The first-order valence-corrected chi connectivity index (χ1v) is 5.92. The van der Waals surface area contributed by atoms with Crippen LogP contribution < -0.4 is 0 Å². The second kappa shape index (κ2) is 4.85. The molecule has 0 radical (unpaired) electrons. The van der Waals surface area contributed by atoms with Gasteiger partial charge in [-0.1, -0.05) is 45.7 Å². The minimum Gasteiger partial charge on any atom is -0.224 e. The van der Waals surface area contributed by atoms with E-state index in [1.165, 1.54) is 6.07 Å². The molecule has 0 aliphatic carbocycles. The first-order chi connectivity index (χ1) is 8.38. The summed E-state index contributed by atoms with van der Waals surface area (Å²) in [6.07, 6.45) is -4.62. The lowest BCUT2D eigenvalue weighted by Crippen LogP contribution is -2.11. The maximum Gasteiger partial charge on any atom is 0.451 e. The van der Waals surface area contributed by atoms with Crippen molar-refractivity contribution >= 4 is 27.5 Å². The molecular weight excluding hydrogens is 332 g/mol. The highest BCUT2D eigenvalue weighted by Crippen LogP contribution is 2.32. The third kappa shape index (κ3) is 2.81. The van der Waals surface area contributed by atoms with Gasteiger partial charge in [-0.2, -0.15) is 13.2 Å². The number of benzene rings is 1. The van der Waals surface area contributed by atoms with E-state index in [-0.39, 0.29) is 10.8 Å². The molecule has 0 aliphatic heterocycles. The fourth-order valence-corrected chi connectivity index (χ4v) is 2.02. The van der Waals surface area contributed by atoms with Crippen molar-refractivity contribution in [2.45, 2.75) is 6.18 Å². The van der Waals surface area contributed by atoms with E-state index in [9.17, 15) is 13.2 Å². The van der Waals surface area contributed by atoms with Crippen LogP contribution in [0.2, 0.25) is 5.15 Å². The van der Waals surface area contributed by atoms with Crippen LogP contribution in [-0.2, 0) is 6.18 Å². The summed E-state index contributed by atoms with van der Waals surface area (Å²) in [5.41, 5.74) is 0.641. The topological polar surface area (TPSA) is 25.8 Å². The van der Waals surface area contributed by atoms with Gasteiger partial charge in [0.25, 0.3) is 0 Å². The average molecular weight is 338 g/mol. The van der Waals surface area contributed by atoms with Crippen LogP contribution in [0.1, 0.15) is 5.82 Å². The molecule has 0 spiro atoms. The van der Waals surface area contributed by atoms with E-state index in [2.05, 4.69) is 25.9 Å². The van der Waals surface area contributed by atoms with Crippen LogP contribution in [0.25, 0.3) is 11.3 Å². The largest absolute Gasteiger partial charge is 0.451 e. The summed E-state index contributed by atoms with van der Waals surface area (Å²) in [6, 6.07) is 8.09. The molecule has 0 atom stereocenters. The van der Waals surface area contributed by atoms with Crippen molar-refractivity contribution < 1.29 is 13.2 Å². The average Bonchev–Trinajstić information content (AvgIpc) is 2.27. The summed E-state index contributed by atoms with van der Waals surface area (Å²) in [5, 5.41) is -0.247. The highest BCUT2D eigenvalue weighted by Gasteiger charge is 2.35. The molecule has 0 fully saturated rings. The van der Waals surface area contributed by atoms with Gasteiger partial charge in [0.15, 0.2) is 0 Å². The molecule has 0 N–H and O–H groups in total. The fraction of sp³-hybridized carbons (Fsp3) is 0.0909. The number of aromatic nitrogens is 2. The number of halogens is 5. The van der Waals surface area contributed by atoms with Crippen LogP contribution in [0.3, 0.4) is 0 Å². The van der Waals surface area contributed by atoms with E-state index in [1.807, 2.05) is 0 Å². The van der Waals surface area contributed by atoms with Crippen molar-refractivity contribution in [3.05, 3.63) is 45.8 Å². The Morgan fingerprint density at radius 2 is 1.78 bits per heavy atom. The van der Waals surface area contributed by atoms with Crippen LogP contribution in [0.4, 0.5) is 13.2 Å². The molecule has 0 saturated carbocycles. The Labute approximate surface area is 114 Å². The second-order valence-electron chi connectivity index (χ2n) is 3.38. The monoisotopic (exact) mass is 336 g/mol. The normalized spacial score (nSPS) is 11.6. The third-order valence-electron chi connectivity index (χ3n) is 2.10. The molecule has 0 bridgehead atoms. The van der Waals surface area contributed by atoms with Gasteiger partial charge in [-0.05, 0) is 6.07 Å². The number of hydrogen-bond donors (Lipinski definition) is 0. The van der Waals surface area contributed by atoms with E-state index < -0.39 is 12.0 Å². The molecule has 2 rings (SSSR count). The lowest BCUT2D eigenvalue weighted by atomic mass is 10.1. The summed E-state index contributed by atoms with van der Waals surface area (Å²) >= 11 is 8.84. The van der Waals surface area contributed by atoms with Gasteiger partial charge < -0.3 is 0 Å². The number of hydrogen-bond acceptors (Lipinski definition) is 2. The van der Waals surface area contributed by atoms with Gasteiger partial charge >= 0.3 is 6.18 Å². The molecule has 7 heteroatoms. The molecule has 0 aliphatic rings. The molecule has 2 aromatic rings. The fourth-order valence-electron chi connectivity index (χ4n) is 1.35. The SMILES string of the molecule is FC(F)(F)c1nc(Cl)cc(-c2ccccc2Br)n1. The lowest BCUT2D eigenvalue weighted by molar-refractivity contribution is -0.144. The summed E-state index contributed by atoms with van der Waals surface area (Å²) in [4.78, 5) is 6.66. The number of rotatable bonds is 1. The molecule has 0 saturated heterocycles. The van der Waals surface area contributed by atoms with Crippen LogP contribution in [0.15, 0.2) is 34.8 Å². The van der Waals surface area contributed by atoms with Crippen LogP contribution >= 0.6 is 27.5 Å². The van der Waals surface area contributed by atoms with Gasteiger partial charge in [0, 0.05) is 16.1 Å². The van der Waals surface area contributed by atoms with E-state index in [1.54, 1.807) is 24.3 Å². The summed E-state index contributed by atoms with van der Waals surface area (Å²) in [5.74, 6) is -1.25. The predicted octanol–water partition coefficient (Wildman–Crippen LogP) is 4.58. The van der Waals surface area contributed by atoms with E-state index in [0.29, 0.717) is 10.0 Å². The van der Waals surface area contributed by atoms with Crippen molar-refractivity contribution in [1.29, 1.82) is 0 Å². The van der Waals surface area contributed by atoms with Gasteiger partial charge in [0.1, 0.15) is 5.15 Å². The lowest BCUT2D eigenvalue weighted by Gasteiger charge is -2.08. The van der Waals surface area contributed by atoms with Crippen molar-refractivity contribution in [2.24, 2.45) is 0 Å². The quantitative estimate of drug-likeness (QED) is 0.712. The summed E-state index contributed by atoms with van der Waals surface area (Å²) in [7, 11) is 0. The third-order valence-corrected chi connectivity index (χ3v) is 2.98. The Bertz CT molecular complexity index is 587. The van der Waals surface area contributed by atoms with Gasteiger partial charge in [-0.3, -0.25) is 0 Å². The zero-order valence-corrected chi connectivity index (χ0v) is 11.0. The van der Waals surface area contributed by atoms with Gasteiger partial charge in [-0.25, -0.2) is 9.97 Å². The minimum absolute atomic E-state index is 0.120. The second-order valence-corrected chi connectivity index (χ2v) is 4.62. The van der Waals surface area contributed by atoms with Crippen LogP contribution in [0.5, 0.6) is 0 Å². The molecule has 2 nitrogen and oxygen atoms in total. The Kier molecular flexibility index (Phi) is 3.59. The van der Waals surface area contributed by atoms with Crippen molar-refractivity contribution in [3.63, 3.8) is 0 Å². The van der Waals surface area contributed by atoms with E-state index >= 15 is 0 Å². The Hall–Kier alpha value is -1.14. The molecule has 0 unspecified atom stereocenters. The Morgan fingerprint density at radius 3 is 2.39 bits per heavy atom. The molecule has 1 aromatic carbocycles.